The van der Waals surface area contributed by atoms with E-state index in [1.165, 1.54) is 0 Å². The maximum atomic E-state index is 12.9. The number of benzene rings is 2. The predicted molar refractivity (Wildman–Crippen MR) is 160 cm³/mol. The van der Waals surface area contributed by atoms with E-state index in [9.17, 15) is 19.8 Å². The lowest BCUT2D eigenvalue weighted by molar-refractivity contribution is -0.149. The summed E-state index contributed by atoms with van der Waals surface area (Å²) in [7, 11) is 0. The number of hydrogen-bond acceptors (Lipinski definition) is 10. The van der Waals surface area contributed by atoms with Gasteiger partial charge in [0.25, 0.3) is 0 Å². The first-order valence-electron chi connectivity index (χ1n) is 16.2. The Labute approximate surface area is 259 Å². The number of aromatic nitrogens is 6. The largest absolute Gasteiger partial charge is 0.465 e. The highest BCUT2D eigenvalue weighted by Crippen LogP contribution is 2.64. The standard InChI is InChI=1S/C33H38N6O6/c40-28-10-12-32(18-26(28)38-34-22-6-1-2-7-23(22)35-38)16-20(32)30(42)44-14-5-15-45-31(43)21-17-33(21)13-11-29(41)27(19-33)39-36-24-8-3-4-9-25(24)37-39/h1-4,6-9,20-21,26-29,40-41H,5,10-19H2. The minimum Gasteiger partial charge on any atom is -0.465 e. The van der Waals surface area contributed by atoms with E-state index in [1.54, 1.807) is 9.59 Å². The molecule has 2 spiro atoms. The molecule has 12 heteroatoms. The number of aliphatic hydroxyl groups excluding tert-OH is 2. The minimum atomic E-state index is -0.554. The number of fused-ring (bicyclic) bond motifs is 2. The Kier molecular flexibility index (Phi) is 6.90. The maximum Gasteiger partial charge on any atom is 0.309 e. The van der Waals surface area contributed by atoms with E-state index in [4.69, 9.17) is 9.47 Å². The third kappa shape index (κ3) is 5.17. The number of carbonyl (C=O) groups is 2. The second-order valence-corrected chi connectivity index (χ2v) is 13.7. The summed E-state index contributed by atoms with van der Waals surface area (Å²) in [4.78, 5) is 29.1. The van der Waals surface area contributed by atoms with Crippen molar-refractivity contribution >= 4 is 34.0 Å². The van der Waals surface area contributed by atoms with Gasteiger partial charge < -0.3 is 19.7 Å². The van der Waals surface area contributed by atoms with Crippen LogP contribution in [0, 0.1) is 22.7 Å². The number of ether oxygens (including phenoxy) is 2. The van der Waals surface area contributed by atoms with Crippen molar-refractivity contribution in [1.29, 1.82) is 0 Å². The van der Waals surface area contributed by atoms with E-state index in [2.05, 4.69) is 20.4 Å². The Hall–Kier alpha value is -3.90. The van der Waals surface area contributed by atoms with Gasteiger partial charge in [0, 0.05) is 6.42 Å². The average Bonchev–Trinajstić information content (AvgIpc) is 3.79. The molecule has 4 saturated carbocycles. The summed E-state index contributed by atoms with van der Waals surface area (Å²) in [5, 5.41) is 39.8. The van der Waals surface area contributed by atoms with Crippen molar-refractivity contribution in [2.45, 2.75) is 82.1 Å². The van der Waals surface area contributed by atoms with Gasteiger partial charge in [-0.2, -0.15) is 30.0 Å². The normalized spacial score (nSPS) is 33.9. The van der Waals surface area contributed by atoms with E-state index in [1.807, 2.05) is 48.5 Å². The number of esters is 2. The molecule has 8 unspecified atom stereocenters. The van der Waals surface area contributed by atoms with Crippen LogP contribution in [-0.4, -0.2) is 77.6 Å². The van der Waals surface area contributed by atoms with Gasteiger partial charge in [-0.25, -0.2) is 0 Å². The quantitative estimate of drug-likeness (QED) is 0.222. The van der Waals surface area contributed by atoms with Gasteiger partial charge in [-0.3, -0.25) is 9.59 Å². The fraction of sp³-hybridized carbons (Fsp3) is 0.576. The van der Waals surface area contributed by atoms with Crippen molar-refractivity contribution in [3.05, 3.63) is 48.5 Å². The first-order chi connectivity index (χ1) is 21.8. The highest BCUT2D eigenvalue weighted by atomic mass is 16.5. The number of carbonyl (C=O) groups excluding carboxylic acids is 2. The molecule has 2 aromatic heterocycles. The Morgan fingerprint density at radius 3 is 1.42 bits per heavy atom. The van der Waals surface area contributed by atoms with Crippen molar-refractivity contribution in [2.24, 2.45) is 22.7 Å². The van der Waals surface area contributed by atoms with Crippen LogP contribution in [0.5, 0.6) is 0 Å². The van der Waals surface area contributed by atoms with Gasteiger partial charge in [0.2, 0.25) is 0 Å². The van der Waals surface area contributed by atoms with E-state index in [0.29, 0.717) is 32.1 Å². The summed E-state index contributed by atoms with van der Waals surface area (Å²) in [6.07, 6.45) is 4.84. The van der Waals surface area contributed by atoms with E-state index >= 15 is 0 Å². The summed E-state index contributed by atoms with van der Waals surface area (Å²) < 4.78 is 11.2. The summed E-state index contributed by atoms with van der Waals surface area (Å²) in [6.45, 7) is 0.388. The molecule has 0 amide bonds. The number of aliphatic hydroxyl groups is 2. The van der Waals surface area contributed by atoms with E-state index in [-0.39, 0.29) is 59.9 Å². The third-order valence-corrected chi connectivity index (χ3v) is 10.9. The molecule has 4 fully saturated rings. The molecule has 0 saturated heterocycles. The van der Waals surface area contributed by atoms with Crippen LogP contribution in [0.25, 0.3) is 22.1 Å². The minimum absolute atomic E-state index is 0.183. The van der Waals surface area contributed by atoms with Crippen molar-refractivity contribution in [1.82, 2.24) is 30.0 Å². The van der Waals surface area contributed by atoms with Crippen molar-refractivity contribution in [3.8, 4) is 0 Å². The Morgan fingerprint density at radius 2 is 1.04 bits per heavy atom. The molecule has 8 atom stereocenters. The molecule has 0 bridgehead atoms. The summed E-state index contributed by atoms with van der Waals surface area (Å²) in [5.41, 5.74) is 2.78. The lowest BCUT2D eigenvalue weighted by Gasteiger charge is -2.33. The molecule has 12 nitrogen and oxygen atoms in total. The lowest BCUT2D eigenvalue weighted by Crippen LogP contribution is -2.35. The van der Waals surface area contributed by atoms with Gasteiger partial charge in [0.05, 0.1) is 49.3 Å². The first kappa shape index (κ1) is 28.6. The van der Waals surface area contributed by atoms with Gasteiger partial charge in [-0.1, -0.05) is 24.3 Å². The number of rotatable bonds is 8. The summed E-state index contributed by atoms with van der Waals surface area (Å²) >= 11 is 0. The number of nitrogens with zero attached hydrogens (tertiary/aromatic N) is 6. The highest BCUT2D eigenvalue weighted by molar-refractivity contribution is 5.78. The van der Waals surface area contributed by atoms with Gasteiger partial charge in [0.15, 0.2) is 0 Å². The smallest absolute Gasteiger partial charge is 0.309 e. The Balaban J connectivity index is 0.791. The highest BCUT2D eigenvalue weighted by Gasteiger charge is 2.63. The van der Waals surface area contributed by atoms with Crippen molar-refractivity contribution in [2.75, 3.05) is 13.2 Å². The van der Waals surface area contributed by atoms with Gasteiger partial charge in [0.1, 0.15) is 22.1 Å². The lowest BCUT2D eigenvalue weighted by atomic mass is 9.80. The van der Waals surface area contributed by atoms with Crippen LogP contribution in [0.15, 0.2) is 48.5 Å². The van der Waals surface area contributed by atoms with Crippen LogP contribution in [0.2, 0.25) is 0 Å². The zero-order valence-corrected chi connectivity index (χ0v) is 25.1. The van der Waals surface area contributed by atoms with Crippen molar-refractivity contribution < 1.29 is 29.3 Å². The molecule has 2 heterocycles. The van der Waals surface area contributed by atoms with Crippen LogP contribution in [0.4, 0.5) is 0 Å². The molecular formula is C33H38N6O6. The summed E-state index contributed by atoms with van der Waals surface area (Å²) in [5.74, 6) is -0.823. The molecular weight excluding hydrogens is 576 g/mol. The fourth-order valence-corrected chi connectivity index (χ4v) is 8.06. The molecule has 4 aromatic rings. The van der Waals surface area contributed by atoms with E-state index < -0.39 is 12.2 Å². The van der Waals surface area contributed by atoms with Gasteiger partial charge in [-0.15, -0.1) is 0 Å². The first-order valence-corrected chi connectivity index (χ1v) is 16.2. The summed E-state index contributed by atoms with van der Waals surface area (Å²) in [6, 6.07) is 14.7. The van der Waals surface area contributed by atoms with Crippen molar-refractivity contribution in [3.63, 3.8) is 0 Å². The molecule has 8 rings (SSSR count). The Morgan fingerprint density at radius 1 is 0.667 bits per heavy atom. The average molecular weight is 615 g/mol. The molecule has 0 aliphatic heterocycles. The SMILES string of the molecule is O=C(OCCCOC(=O)C1CC12CCC(O)C(n1nc3ccccc3n1)C2)C1CC12CCC(O)C(n1nc3ccccc3n1)C2. The molecule has 4 aliphatic rings. The zero-order valence-electron chi connectivity index (χ0n) is 25.1. The maximum absolute atomic E-state index is 12.9. The molecule has 2 N–H and O–H groups in total. The predicted octanol–water partition coefficient (Wildman–Crippen LogP) is 3.54. The molecule has 0 radical (unpaired) electrons. The van der Waals surface area contributed by atoms with Crippen LogP contribution >= 0.6 is 0 Å². The Bertz CT molecular complexity index is 1560. The van der Waals surface area contributed by atoms with Gasteiger partial charge >= 0.3 is 11.9 Å². The topological polar surface area (TPSA) is 154 Å². The van der Waals surface area contributed by atoms with Crippen LogP contribution in [0.1, 0.15) is 69.9 Å². The fourth-order valence-electron chi connectivity index (χ4n) is 8.06. The molecule has 236 valence electrons. The second-order valence-electron chi connectivity index (χ2n) is 13.7. The third-order valence-electron chi connectivity index (χ3n) is 10.9. The second kappa shape index (κ2) is 10.9. The van der Waals surface area contributed by atoms with E-state index in [0.717, 1.165) is 47.8 Å². The van der Waals surface area contributed by atoms with Crippen LogP contribution < -0.4 is 0 Å². The molecule has 45 heavy (non-hydrogen) atoms. The zero-order chi connectivity index (χ0) is 30.8. The monoisotopic (exact) mass is 614 g/mol. The van der Waals surface area contributed by atoms with Crippen LogP contribution in [0.3, 0.4) is 0 Å². The molecule has 4 aliphatic carbocycles. The number of hydrogen-bond donors (Lipinski definition) is 2. The molecule has 2 aromatic carbocycles. The van der Waals surface area contributed by atoms with Gasteiger partial charge in [-0.05, 0) is 86.5 Å². The van der Waals surface area contributed by atoms with Crippen LogP contribution in [-0.2, 0) is 19.1 Å².